The Labute approximate surface area is 119 Å². The number of nitrogens with zero attached hydrogens (tertiary/aromatic N) is 1. The van der Waals surface area contributed by atoms with Crippen LogP contribution in [0.15, 0.2) is 23.4 Å². The van der Waals surface area contributed by atoms with Gasteiger partial charge in [0.25, 0.3) is 0 Å². The van der Waals surface area contributed by atoms with Gasteiger partial charge in [-0.25, -0.2) is 0 Å². The zero-order valence-electron chi connectivity index (χ0n) is 11.6. The van der Waals surface area contributed by atoms with Crippen LogP contribution in [0.1, 0.15) is 49.7 Å². The van der Waals surface area contributed by atoms with Gasteiger partial charge in [0.15, 0.2) is 0 Å². The smallest absolute Gasteiger partial charge is 0.124 e. The van der Waals surface area contributed by atoms with E-state index in [1.165, 1.54) is 12.0 Å². The minimum atomic E-state index is -0.361. The van der Waals surface area contributed by atoms with E-state index in [-0.39, 0.29) is 12.2 Å². The lowest BCUT2D eigenvalue weighted by Gasteiger charge is -2.22. The van der Waals surface area contributed by atoms with E-state index in [1.807, 2.05) is 18.2 Å². The van der Waals surface area contributed by atoms with E-state index in [9.17, 15) is 5.11 Å². The Bertz CT molecular complexity index is 512. The first kappa shape index (κ1) is 13.4. The van der Waals surface area contributed by atoms with Crippen LogP contribution >= 0.6 is 0 Å². The summed E-state index contributed by atoms with van der Waals surface area (Å²) >= 11 is 0. The Hall–Kier alpha value is -1.55. The lowest BCUT2D eigenvalue weighted by Crippen LogP contribution is -2.30. The molecule has 2 aliphatic rings. The number of hydrogen-bond donors (Lipinski definition) is 2. The van der Waals surface area contributed by atoms with Crippen LogP contribution in [0.4, 0.5) is 0 Å². The summed E-state index contributed by atoms with van der Waals surface area (Å²) in [6.45, 7) is 0. The summed E-state index contributed by atoms with van der Waals surface area (Å²) in [6, 6.07) is 5.88. The highest BCUT2D eigenvalue weighted by atomic mass is 16.5. The second-order valence-electron chi connectivity index (χ2n) is 5.73. The normalized spacial score (nSPS) is 28.1. The molecule has 2 atom stereocenters. The summed E-state index contributed by atoms with van der Waals surface area (Å²) in [4.78, 5) is 0. The van der Waals surface area contributed by atoms with Crippen LogP contribution < -0.4 is 4.74 Å². The van der Waals surface area contributed by atoms with Gasteiger partial charge in [0.2, 0.25) is 0 Å². The van der Waals surface area contributed by atoms with E-state index < -0.39 is 0 Å². The van der Waals surface area contributed by atoms with Crippen molar-refractivity contribution in [2.75, 3.05) is 0 Å². The van der Waals surface area contributed by atoms with Crippen molar-refractivity contribution in [1.29, 1.82) is 0 Å². The van der Waals surface area contributed by atoms with Crippen molar-refractivity contribution < 1.29 is 15.1 Å². The molecule has 0 saturated heterocycles. The number of fused-ring (bicyclic) bond motifs is 1. The average molecular weight is 275 g/mol. The third kappa shape index (κ3) is 2.66. The zero-order valence-corrected chi connectivity index (χ0v) is 11.6. The molecule has 0 amide bonds. The maximum absolute atomic E-state index is 10.1. The molecule has 108 valence electrons. The summed E-state index contributed by atoms with van der Waals surface area (Å²) in [6.07, 6.45) is 6.34. The molecular formula is C16H21NO3. The number of hydrogen-bond acceptors (Lipinski definition) is 4. The number of benzene rings is 1. The van der Waals surface area contributed by atoms with Crippen molar-refractivity contribution in [3.05, 3.63) is 29.3 Å². The van der Waals surface area contributed by atoms with Gasteiger partial charge in [-0.2, -0.15) is 0 Å². The van der Waals surface area contributed by atoms with Crippen molar-refractivity contribution in [2.45, 2.75) is 57.2 Å². The van der Waals surface area contributed by atoms with Gasteiger partial charge >= 0.3 is 0 Å². The molecule has 0 spiro atoms. The molecule has 1 aromatic carbocycles. The Morgan fingerprint density at radius 2 is 1.95 bits per heavy atom. The molecule has 1 fully saturated rings. The third-order valence-electron chi connectivity index (χ3n) is 4.34. The average Bonchev–Trinajstić information content (AvgIpc) is 2.76. The minimum absolute atomic E-state index is 0.0945. The molecule has 0 aliphatic heterocycles. The largest absolute Gasteiger partial charge is 0.488 e. The van der Waals surface area contributed by atoms with Gasteiger partial charge in [-0.1, -0.05) is 18.0 Å². The summed E-state index contributed by atoms with van der Waals surface area (Å²) in [7, 11) is 0. The summed E-state index contributed by atoms with van der Waals surface area (Å²) in [5.74, 6) is 0.814. The quantitative estimate of drug-likeness (QED) is 0.495. The highest BCUT2D eigenvalue weighted by molar-refractivity contribution is 6.04. The van der Waals surface area contributed by atoms with Crippen molar-refractivity contribution in [3.8, 4) is 5.75 Å². The molecule has 0 heterocycles. The van der Waals surface area contributed by atoms with Crippen molar-refractivity contribution in [1.82, 2.24) is 0 Å². The van der Waals surface area contributed by atoms with Crippen LogP contribution in [0.25, 0.3) is 0 Å². The molecule has 2 N–H and O–H groups in total. The molecule has 2 aliphatic carbocycles. The van der Waals surface area contributed by atoms with Crippen LogP contribution in [-0.4, -0.2) is 28.2 Å². The topological polar surface area (TPSA) is 62.1 Å². The summed E-state index contributed by atoms with van der Waals surface area (Å²) < 4.78 is 5.99. The Balaban J connectivity index is 1.75. The van der Waals surface area contributed by atoms with Gasteiger partial charge < -0.3 is 15.1 Å². The van der Waals surface area contributed by atoms with E-state index in [2.05, 4.69) is 5.16 Å². The Morgan fingerprint density at radius 1 is 1.10 bits per heavy atom. The minimum Gasteiger partial charge on any atom is -0.488 e. The molecule has 1 saturated carbocycles. The third-order valence-corrected chi connectivity index (χ3v) is 4.34. The van der Waals surface area contributed by atoms with E-state index in [4.69, 9.17) is 9.94 Å². The number of oxime groups is 1. The highest BCUT2D eigenvalue weighted by Crippen LogP contribution is 2.29. The molecule has 20 heavy (non-hydrogen) atoms. The number of rotatable bonds is 2. The van der Waals surface area contributed by atoms with Crippen LogP contribution in [0.3, 0.4) is 0 Å². The molecule has 4 heteroatoms. The fraction of sp³-hybridized carbons (Fsp3) is 0.562. The Kier molecular flexibility index (Phi) is 3.92. The lowest BCUT2D eigenvalue weighted by molar-refractivity contribution is 0.0319. The van der Waals surface area contributed by atoms with Crippen LogP contribution in [0, 0.1) is 0 Å². The first-order chi connectivity index (χ1) is 9.78. The second kappa shape index (κ2) is 5.83. The predicted molar refractivity (Wildman–Crippen MR) is 76.6 cm³/mol. The molecule has 4 nitrogen and oxygen atoms in total. The molecule has 0 bridgehead atoms. The molecule has 0 aromatic heterocycles. The first-order valence-electron chi connectivity index (χ1n) is 7.47. The van der Waals surface area contributed by atoms with Gasteiger partial charge in [-0.05, 0) is 55.9 Å². The molecule has 1 aromatic rings. The standard InChI is InChI=1S/C16H21NO3/c18-15-4-2-1-3-5-16(15)20-12-7-8-13-11(10-12)6-9-14(13)17-19/h7-8,10,15-16,18-19H,1-6,9H2/b17-14-. The van der Waals surface area contributed by atoms with Crippen LogP contribution in [-0.2, 0) is 6.42 Å². The molecular weight excluding hydrogens is 254 g/mol. The monoisotopic (exact) mass is 275 g/mol. The summed E-state index contributed by atoms with van der Waals surface area (Å²) in [5, 5.41) is 22.4. The fourth-order valence-corrected chi connectivity index (χ4v) is 3.19. The van der Waals surface area contributed by atoms with Crippen molar-refractivity contribution >= 4 is 5.71 Å². The van der Waals surface area contributed by atoms with Gasteiger partial charge in [-0.15, -0.1) is 0 Å². The van der Waals surface area contributed by atoms with Gasteiger partial charge in [0.1, 0.15) is 11.9 Å². The van der Waals surface area contributed by atoms with Crippen LogP contribution in [0.2, 0.25) is 0 Å². The van der Waals surface area contributed by atoms with E-state index >= 15 is 0 Å². The van der Waals surface area contributed by atoms with E-state index in [0.29, 0.717) is 0 Å². The SMILES string of the molecule is O/N=C1/CCc2cc(OC3CCCCCC3O)ccc21. The van der Waals surface area contributed by atoms with Gasteiger partial charge in [0.05, 0.1) is 11.8 Å². The lowest BCUT2D eigenvalue weighted by atomic mass is 10.1. The number of aryl methyl sites for hydroxylation is 1. The fourth-order valence-electron chi connectivity index (χ4n) is 3.19. The van der Waals surface area contributed by atoms with Gasteiger partial charge in [-0.3, -0.25) is 0 Å². The van der Waals surface area contributed by atoms with E-state index in [1.54, 1.807) is 0 Å². The van der Waals surface area contributed by atoms with Gasteiger partial charge in [0, 0.05) is 5.56 Å². The predicted octanol–water partition coefficient (Wildman–Crippen LogP) is 2.88. The number of ether oxygens (including phenoxy) is 1. The first-order valence-corrected chi connectivity index (χ1v) is 7.47. The maximum Gasteiger partial charge on any atom is 0.124 e. The molecule has 3 rings (SSSR count). The number of aliphatic hydroxyl groups excluding tert-OH is 1. The van der Waals surface area contributed by atoms with E-state index in [0.717, 1.165) is 55.5 Å². The maximum atomic E-state index is 10.1. The zero-order chi connectivity index (χ0) is 13.9. The summed E-state index contributed by atoms with van der Waals surface area (Å²) in [5.41, 5.74) is 2.93. The number of aliphatic hydroxyl groups is 1. The Morgan fingerprint density at radius 3 is 2.80 bits per heavy atom. The second-order valence-corrected chi connectivity index (χ2v) is 5.73. The highest BCUT2D eigenvalue weighted by Gasteiger charge is 2.24. The molecule has 0 radical (unpaired) electrons. The van der Waals surface area contributed by atoms with Crippen molar-refractivity contribution in [3.63, 3.8) is 0 Å². The van der Waals surface area contributed by atoms with Crippen molar-refractivity contribution in [2.24, 2.45) is 5.16 Å². The molecule has 2 unspecified atom stereocenters. The van der Waals surface area contributed by atoms with Crippen LogP contribution in [0.5, 0.6) is 5.75 Å².